The highest BCUT2D eigenvalue weighted by molar-refractivity contribution is 6.18. The van der Waals surface area contributed by atoms with Crippen LogP contribution in [0.15, 0.2) is 78.9 Å². The van der Waals surface area contributed by atoms with Crippen molar-refractivity contribution in [3.63, 3.8) is 0 Å². The van der Waals surface area contributed by atoms with Crippen LogP contribution in [-0.2, 0) is 5.41 Å². The van der Waals surface area contributed by atoms with E-state index in [2.05, 4.69) is 68.4 Å². The average Bonchev–Trinajstić information content (AvgIpc) is 2.96. The van der Waals surface area contributed by atoms with E-state index in [-0.39, 0.29) is 13.1 Å². The van der Waals surface area contributed by atoms with E-state index in [1.54, 1.807) is 0 Å². The molecule has 1 aliphatic rings. The standard InChI is InChI=1S/C25H21BO2/c1-25(2)22-10-6-5-8-19(22)20-12-11-16(15-23(20)25)17-13-14-24(28-26-27)21-9-4-3-7-18(17)21/h3-15,26-27H,1-2H3. The summed E-state index contributed by atoms with van der Waals surface area (Å²) in [6, 6.07) is 27.7. The van der Waals surface area contributed by atoms with Gasteiger partial charge in [-0.25, -0.2) is 0 Å². The van der Waals surface area contributed by atoms with E-state index in [0.29, 0.717) is 5.75 Å². The fraction of sp³-hybridized carbons (Fsp3) is 0.120. The molecule has 0 fully saturated rings. The van der Waals surface area contributed by atoms with Crippen molar-refractivity contribution in [2.45, 2.75) is 19.3 Å². The van der Waals surface area contributed by atoms with Gasteiger partial charge in [-0.15, -0.1) is 0 Å². The van der Waals surface area contributed by atoms with Gasteiger partial charge in [-0.05, 0) is 50.9 Å². The van der Waals surface area contributed by atoms with Crippen LogP contribution in [0.2, 0.25) is 0 Å². The molecule has 28 heavy (non-hydrogen) atoms. The number of hydrogen-bond donors (Lipinski definition) is 1. The van der Waals surface area contributed by atoms with E-state index in [1.807, 2.05) is 24.3 Å². The number of rotatable bonds is 3. The van der Waals surface area contributed by atoms with Gasteiger partial charge >= 0.3 is 7.69 Å². The molecule has 0 saturated carbocycles. The van der Waals surface area contributed by atoms with E-state index in [9.17, 15) is 5.02 Å². The van der Waals surface area contributed by atoms with Crippen LogP contribution in [0.1, 0.15) is 25.0 Å². The summed E-state index contributed by atoms with van der Waals surface area (Å²) in [5.41, 5.74) is 7.78. The van der Waals surface area contributed by atoms with Crippen molar-refractivity contribution in [2.24, 2.45) is 0 Å². The fourth-order valence-corrected chi connectivity index (χ4v) is 4.59. The lowest BCUT2D eigenvalue weighted by atomic mass is 9.81. The zero-order valence-corrected chi connectivity index (χ0v) is 16.1. The molecule has 4 aromatic rings. The highest BCUT2D eigenvalue weighted by atomic mass is 16.5. The highest BCUT2D eigenvalue weighted by Gasteiger charge is 2.35. The largest absolute Gasteiger partial charge is 0.538 e. The van der Waals surface area contributed by atoms with Crippen LogP contribution < -0.4 is 4.65 Å². The third-order valence-electron chi connectivity index (χ3n) is 6.00. The lowest BCUT2D eigenvalue weighted by Crippen LogP contribution is -2.14. The van der Waals surface area contributed by atoms with Gasteiger partial charge in [0, 0.05) is 10.8 Å². The maximum atomic E-state index is 9.19. The lowest BCUT2D eigenvalue weighted by Gasteiger charge is -2.22. The Labute approximate surface area is 165 Å². The van der Waals surface area contributed by atoms with Crippen molar-refractivity contribution in [1.82, 2.24) is 0 Å². The summed E-state index contributed by atoms with van der Waals surface area (Å²) in [6.45, 7) is 4.61. The normalized spacial score (nSPS) is 13.8. The molecule has 0 spiro atoms. The van der Waals surface area contributed by atoms with Crippen LogP contribution in [0.4, 0.5) is 0 Å². The van der Waals surface area contributed by atoms with Crippen molar-refractivity contribution < 1.29 is 9.68 Å². The van der Waals surface area contributed by atoms with E-state index >= 15 is 0 Å². The topological polar surface area (TPSA) is 29.5 Å². The molecule has 0 unspecified atom stereocenters. The van der Waals surface area contributed by atoms with Gasteiger partial charge in [-0.2, -0.15) is 0 Å². The lowest BCUT2D eigenvalue weighted by molar-refractivity contribution is 0.457. The molecular formula is C25H21BO2. The first-order valence-electron chi connectivity index (χ1n) is 9.61. The number of benzene rings is 4. The monoisotopic (exact) mass is 364 g/mol. The summed E-state index contributed by atoms with van der Waals surface area (Å²) in [7, 11) is -0.325. The van der Waals surface area contributed by atoms with E-state index in [1.165, 1.54) is 33.4 Å². The minimum Gasteiger partial charge on any atom is -0.538 e. The van der Waals surface area contributed by atoms with Gasteiger partial charge < -0.3 is 9.68 Å². The van der Waals surface area contributed by atoms with Crippen LogP contribution in [0.25, 0.3) is 33.0 Å². The Morgan fingerprint density at radius 3 is 2.21 bits per heavy atom. The summed E-state index contributed by atoms with van der Waals surface area (Å²) >= 11 is 0. The first-order chi connectivity index (χ1) is 13.6. The molecule has 0 heterocycles. The van der Waals surface area contributed by atoms with Crippen LogP contribution in [0.5, 0.6) is 5.75 Å². The van der Waals surface area contributed by atoms with Gasteiger partial charge in [-0.1, -0.05) is 80.6 Å². The first kappa shape index (κ1) is 17.1. The molecule has 0 aliphatic heterocycles. The molecule has 0 radical (unpaired) electrons. The van der Waals surface area contributed by atoms with Crippen LogP contribution in [0.3, 0.4) is 0 Å². The van der Waals surface area contributed by atoms with Crippen molar-refractivity contribution >= 4 is 18.5 Å². The fourth-order valence-electron chi connectivity index (χ4n) is 4.59. The smallest absolute Gasteiger partial charge is 0.504 e. The Bertz CT molecular complexity index is 1210. The number of fused-ring (bicyclic) bond motifs is 4. The van der Waals surface area contributed by atoms with Crippen LogP contribution >= 0.6 is 0 Å². The van der Waals surface area contributed by atoms with Gasteiger partial charge in [0.1, 0.15) is 5.75 Å². The maximum Gasteiger partial charge on any atom is 0.504 e. The third-order valence-corrected chi connectivity index (χ3v) is 6.00. The van der Waals surface area contributed by atoms with Crippen LogP contribution in [0, 0.1) is 0 Å². The Hall–Kier alpha value is -3.04. The van der Waals surface area contributed by atoms with E-state index in [4.69, 9.17) is 4.65 Å². The molecule has 0 atom stereocenters. The van der Waals surface area contributed by atoms with Crippen molar-refractivity contribution in [3.8, 4) is 28.0 Å². The second-order valence-corrected chi connectivity index (χ2v) is 7.86. The Kier molecular flexibility index (Phi) is 3.82. The SMILES string of the molecule is CC1(C)c2ccccc2-c2ccc(-c3ccc(OBO)c4ccccc34)cc21. The summed E-state index contributed by atoms with van der Waals surface area (Å²) in [5.74, 6) is 0.704. The quantitative estimate of drug-likeness (QED) is 0.490. The predicted octanol–water partition coefficient (Wildman–Crippen LogP) is 5.45. The average molecular weight is 364 g/mol. The highest BCUT2D eigenvalue weighted by Crippen LogP contribution is 2.49. The second-order valence-electron chi connectivity index (χ2n) is 7.86. The molecule has 1 aliphatic carbocycles. The minimum atomic E-state index is -0.325. The molecule has 0 saturated heterocycles. The van der Waals surface area contributed by atoms with Gasteiger partial charge in [0.15, 0.2) is 0 Å². The van der Waals surface area contributed by atoms with Crippen molar-refractivity contribution in [1.29, 1.82) is 0 Å². The maximum absolute atomic E-state index is 9.19. The Morgan fingerprint density at radius 2 is 1.39 bits per heavy atom. The zero-order valence-electron chi connectivity index (χ0n) is 16.1. The minimum absolute atomic E-state index is 0.0162. The van der Waals surface area contributed by atoms with E-state index < -0.39 is 0 Å². The zero-order chi connectivity index (χ0) is 19.3. The van der Waals surface area contributed by atoms with Gasteiger partial charge in [0.25, 0.3) is 0 Å². The second kappa shape index (κ2) is 6.25. The molecular weight excluding hydrogens is 343 g/mol. The number of hydrogen-bond acceptors (Lipinski definition) is 2. The van der Waals surface area contributed by atoms with Crippen molar-refractivity contribution in [3.05, 3.63) is 90.0 Å². The molecule has 2 nitrogen and oxygen atoms in total. The molecule has 1 N–H and O–H groups in total. The first-order valence-corrected chi connectivity index (χ1v) is 9.61. The molecule has 0 bridgehead atoms. The Morgan fingerprint density at radius 1 is 0.714 bits per heavy atom. The molecule has 4 aromatic carbocycles. The molecule has 0 aromatic heterocycles. The van der Waals surface area contributed by atoms with Crippen LogP contribution in [-0.4, -0.2) is 12.7 Å². The van der Waals surface area contributed by atoms with E-state index in [0.717, 1.165) is 10.8 Å². The predicted molar refractivity (Wildman–Crippen MR) is 117 cm³/mol. The molecule has 0 amide bonds. The molecule has 3 heteroatoms. The summed E-state index contributed by atoms with van der Waals surface area (Å²) in [6.07, 6.45) is 0. The van der Waals surface area contributed by atoms with Gasteiger partial charge in [-0.3, -0.25) is 0 Å². The van der Waals surface area contributed by atoms with Crippen molar-refractivity contribution in [2.75, 3.05) is 0 Å². The third kappa shape index (κ3) is 2.40. The van der Waals surface area contributed by atoms with Gasteiger partial charge in [0.05, 0.1) is 0 Å². The van der Waals surface area contributed by atoms with Gasteiger partial charge in [0.2, 0.25) is 0 Å². The summed E-state index contributed by atoms with van der Waals surface area (Å²) in [5, 5.41) is 11.3. The summed E-state index contributed by atoms with van der Waals surface area (Å²) in [4.78, 5) is 0. The molecule has 5 rings (SSSR count). The summed E-state index contributed by atoms with van der Waals surface area (Å²) < 4.78 is 5.41. The Balaban J connectivity index is 1.72. The molecule has 136 valence electrons.